The first-order valence-electron chi connectivity index (χ1n) is 6.86. The van der Waals surface area contributed by atoms with Gasteiger partial charge >= 0.3 is 0 Å². The minimum atomic E-state index is 1.02. The van der Waals surface area contributed by atoms with Crippen LogP contribution in [-0.2, 0) is 0 Å². The molecule has 0 saturated heterocycles. The molecule has 0 spiro atoms. The number of hydrogen-bond donors (Lipinski definition) is 0. The smallest absolute Gasteiger partial charge is 0.128 e. The van der Waals surface area contributed by atoms with Gasteiger partial charge in [-0.2, -0.15) is 0 Å². The Labute approximate surface area is 100 Å². The molecule has 0 aromatic heterocycles. The molecule has 0 atom stereocenters. The molecule has 0 saturated carbocycles. The average Bonchev–Trinajstić information content (AvgIpc) is 2.80. The average molecular weight is 221 g/mol. The fraction of sp³-hybridized carbons (Fsp3) is 0.786. The molecule has 1 heterocycles. The first-order chi connectivity index (χ1) is 7.93. The predicted octanol–water partition coefficient (Wildman–Crippen LogP) is 4.40. The Morgan fingerprint density at radius 2 is 1.44 bits per heavy atom. The first-order valence-corrected chi connectivity index (χ1v) is 6.86. The summed E-state index contributed by atoms with van der Waals surface area (Å²) < 4.78 is 0. The van der Waals surface area contributed by atoms with Crippen molar-refractivity contribution in [1.29, 1.82) is 0 Å². The van der Waals surface area contributed by atoms with Gasteiger partial charge in [-0.05, 0) is 6.42 Å². The summed E-state index contributed by atoms with van der Waals surface area (Å²) in [6.07, 6.45) is 17.0. The van der Waals surface area contributed by atoms with Crippen LogP contribution < -0.4 is 5.32 Å². The van der Waals surface area contributed by atoms with E-state index in [1.807, 2.05) is 0 Å². The third kappa shape index (κ3) is 6.65. The molecule has 0 aliphatic carbocycles. The number of unbranched alkanes of at least 4 members (excludes halogenated alkanes) is 8. The summed E-state index contributed by atoms with van der Waals surface area (Å²) in [7, 11) is 0. The van der Waals surface area contributed by atoms with Crippen LogP contribution in [0.15, 0.2) is 17.4 Å². The monoisotopic (exact) mass is 221 g/mol. The van der Waals surface area contributed by atoms with E-state index in [4.69, 9.17) is 0 Å². The number of hydrogen-bond acceptors (Lipinski definition) is 1. The zero-order valence-corrected chi connectivity index (χ0v) is 10.6. The van der Waals surface area contributed by atoms with Crippen molar-refractivity contribution < 1.29 is 0 Å². The van der Waals surface area contributed by atoms with Crippen LogP contribution in [0.2, 0.25) is 0 Å². The molecule has 0 fully saturated rings. The Bertz CT molecular complexity index is 219. The number of rotatable bonds is 10. The lowest BCUT2D eigenvalue weighted by Crippen LogP contribution is -2.05. The fourth-order valence-electron chi connectivity index (χ4n) is 1.99. The molecule has 1 radical (unpaired) electrons. The van der Waals surface area contributed by atoms with E-state index in [9.17, 15) is 0 Å². The Balaban J connectivity index is 1.75. The molecule has 16 heavy (non-hydrogen) atoms. The van der Waals surface area contributed by atoms with E-state index in [0.717, 1.165) is 12.3 Å². The number of nitrogens with zero attached hydrogens (tertiary/aromatic N) is 2. The van der Waals surface area contributed by atoms with Crippen LogP contribution in [0.3, 0.4) is 0 Å². The second-order valence-electron chi connectivity index (χ2n) is 4.55. The molecular weight excluding hydrogens is 196 g/mol. The second kappa shape index (κ2) is 9.44. The molecule has 1 aliphatic rings. The summed E-state index contributed by atoms with van der Waals surface area (Å²) in [5, 5.41) is 4.17. The lowest BCUT2D eigenvalue weighted by Gasteiger charge is -2.02. The van der Waals surface area contributed by atoms with E-state index >= 15 is 0 Å². The molecule has 0 bridgehead atoms. The molecule has 2 nitrogen and oxygen atoms in total. The van der Waals surface area contributed by atoms with Crippen molar-refractivity contribution in [2.24, 2.45) is 4.99 Å². The van der Waals surface area contributed by atoms with E-state index < -0.39 is 0 Å². The van der Waals surface area contributed by atoms with Gasteiger partial charge in [-0.25, -0.2) is 10.3 Å². The van der Waals surface area contributed by atoms with Crippen molar-refractivity contribution in [1.82, 2.24) is 5.32 Å². The molecule has 0 aromatic rings. The predicted molar refractivity (Wildman–Crippen MR) is 70.6 cm³/mol. The standard InChI is InChI=1S/C14H25N2/c1-2-3-4-5-6-7-8-9-10-11-14-15-12-13-16-14/h12-13H,2-11H2,1H3. The van der Waals surface area contributed by atoms with Crippen LogP contribution >= 0.6 is 0 Å². The van der Waals surface area contributed by atoms with Crippen molar-refractivity contribution in [3.63, 3.8) is 0 Å². The van der Waals surface area contributed by atoms with Gasteiger partial charge < -0.3 is 0 Å². The van der Waals surface area contributed by atoms with Gasteiger partial charge in [-0.1, -0.05) is 58.3 Å². The molecule has 0 aromatic carbocycles. The Morgan fingerprint density at radius 1 is 0.812 bits per heavy atom. The van der Waals surface area contributed by atoms with Crippen LogP contribution in [0.4, 0.5) is 0 Å². The van der Waals surface area contributed by atoms with Gasteiger partial charge in [-0.15, -0.1) is 0 Å². The molecule has 0 amide bonds. The Morgan fingerprint density at radius 3 is 2.00 bits per heavy atom. The normalized spacial score (nSPS) is 13.9. The minimum absolute atomic E-state index is 1.02. The van der Waals surface area contributed by atoms with Crippen LogP contribution in [0.25, 0.3) is 0 Å². The summed E-state index contributed by atoms with van der Waals surface area (Å²) in [6.45, 7) is 2.27. The molecule has 91 valence electrons. The summed E-state index contributed by atoms with van der Waals surface area (Å²) in [4.78, 5) is 4.17. The SMILES string of the molecule is CCCCCCCCCCCC1=NC=C[N]1. The maximum atomic E-state index is 4.17. The molecule has 0 unspecified atom stereocenters. The molecule has 1 aliphatic heterocycles. The van der Waals surface area contributed by atoms with Crippen molar-refractivity contribution in [2.45, 2.75) is 71.1 Å². The fourth-order valence-corrected chi connectivity index (χ4v) is 1.99. The third-order valence-electron chi connectivity index (χ3n) is 3.02. The van der Waals surface area contributed by atoms with E-state index in [2.05, 4.69) is 17.2 Å². The van der Waals surface area contributed by atoms with Crippen molar-refractivity contribution >= 4 is 5.84 Å². The Hall–Kier alpha value is -0.790. The zero-order valence-electron chi connectivity index (χ0n) is 10.6. The molecule has 2 heteroatoms. The van der Waals surface area contributed by atoms with E-state index in [-0.39, 0.29) is 0 Å². The van der Waals surface area contributed by atoms with Crippen molar-refractivity contribution in [3.05, 3.63) is 12.4 Å². The summed E-state index contributed by atoms with van der Waals surface area (Å²) >= 11 is 0. The lowest BCUT2D eigenvalue weighted by atomic mass is 10.1. The highest BCUT2D eigenvalue weighted by Crippen LogP contribution is 2.11. The van der Waals surface area contributed by atoms with Crippen LogP contribution in [0.1, 0.15) is 71.1 Å². The quantitative estimate of drug-likeness (QED) is 0.489. The number of amidine groups is 1. The van der Waals surface area contributed by atoms with Crippen molar-refractivity contribution in [3.8, 4) is 0 Å². The highest BCUT2D eigenvalue weighted by molar-refractivity contribution is 5.84. The van der Waals surface area contributed by atoms with Gasteiger partial charge in [0.05, 0.1) is 0 Å². The van der Waals surface area contributed by atoms with Gasteiger partial charge in [0, 0.05) is 18.8 Å². The van der Waals surface area contributed by atoms with Gasteiger partial charge in [0.1, 0.15) is 5.84 Å². The van der Waals surface area contributed by atoms with Gasteiger partial charge in [-0.3, -0.25) is 0 Å². The highest BCUT2D eigenvalue weighted by Gasteiger charge is 2.01. The van der Waals surface area contributed by atoms with E-state index in [1.165, 1.54) is 57.8 Å². The third-order valence-corrected chi connectivity index (χ3v) is 3.02. The minimum Gasteiger partial charge on any atom is -0.240 e. The number of aliphatic imine (C=N–C) groups is 1. The first kappa shape index (κ1) is 13.3. The van der Waals surface area contributed by atoms with E-state index in [1.54, 1.807) is 12.4 Å². The maximum Gasteiger partial charge on any atom is 0.128 e. The van der Waals surface area contributed by atoms with Gasteiger partial charge in [0.2, 0.25) is 0 Å². The highest BCUT2D eigenvalue weighted by atomic mass is 15.0. The molecule has 0 N–H and O–H groups in total. The lowest BCUT2D eigenvalue weighted by molar-refractivity contribution is 0.568. The van der Waals surface area contributed by atoms with Crippen LogP contribution in [0, 0.1) is 0 Å². The van der Waals surface area contributed by atoms with Crippen LogP contribution in [-0.4, -0.2) is 5.84 Å². The van der Waals surface area contributed by atoms with Gasteiger partial charge in [0.25, 0.3) is 0 Å². The van der Waals surface area contributed by atoms with Crippen LogP contribution in [0.5, 0.6) is 0 Å². The summed E-state index contributed by atoms with van der Waals surface area (Å²) in [6, 6.07) is 0. The summed E-state index contributed by atoms with van der Waals surface area (Å²) in [5.41, 5.74) is 0. The largest absolute Gasteiger partial charge is 0.240 e. The topological polar surface area (TPSA) is 26.5 Å². The zero-order chi connectivity index (χ0) is 11.5. The second-order valence-corrected chi connectivity index (χ2v) is 4.55. The maximum absolute atomic E-state index is 4.17. The van der Waals surface area contributed by atoms with E-state index in [0.29, 0.717) is 0 Å². The molecule has 1 rings (SSSR count). The molecular formula is C14H25N2. The summed E-state index contributed by atoms with van der Waals surface area (Å²) in [5.74, 6) is 1.02. The Kier molecular flexibility index (Phi) is 7.83. The van der Waals surface area contributed by atoms with Gasteiger partial charge in [0.15, 0.2) is 0 Å². The van der Waals surface area contributed by atoms with Crippen molar-refractivity contribution in [2.75, 3.05) is 0 Å².